The fraction of sp³-hybridized carbons (Fsp3) is 0.125. The first-order chi connectivity index (χ1) is 11.0. The van der Waals surface area contributed by atoms with Gasteiger partial charge in [-0.3, -0.25) is 4.79 Å². The number of ether oxygens (including phenoxy) is 2. The first-order valence-corrected chi connectivity index (χ1v) is 7.50. The van der Waals surface area contributed by atoms with Crippen LogP contribution in [0.15, 0.2) is 40.9 Å². The second kappa shape index (κ2) is 6.37. The van der Waals surface area contributed by atoms with Gasteiger partial charge >= 0.3 is 5.97 Å². The van der Waals surface area contributed by atoms with Crippen LogP contribution in [0, 0.1) is 5.82 Å². The third-order valence-electron chi connectivity index (χ3n) is 3.22. The maximum absolute atomic E-state index is 13.0. The summed E-state index contributed by atoms with van der Waals surface area (Å²) in [6.07, 6.45) is 0. The number of amides is 1. The van der Waals surface area contributed by atoms with Crippen LogP contribution >= 0.6 is 15.9 Å². The number of rotatable bonds is 3. The van der Waals surface area contributed by atoms with Crippen molar-refractivity contribution in [3.63, 3.8) is 0 Å². The Morgan fingerprint density at radius 1 is 1.30 bits per heavy atom. The summed E-state index contributed by atoms with van der Waals surface area (Å²) in [7, 11) is 0. The van der Waals surface area contributed by atoms with Gasteiger partial charge in [-0.1, -0.05) is 22.0 Å². The summed E-state index contributed by atoms with van der Waals surface area (Å²) >= 11 is 3.22. The topological polar surface area (TPSA) is 64.6 Å². The molecule has 0 aliphatic carbocycles. The Bertz CT molecular complexity index is 794. The van der Waals surface area contributed by atoms with E-state index in [-0.39, 0.29) is 24.9 Å². The van der Waals surface area contributed by atoms with E-state index in [1.807, 2.05) is 0 Å². The van der Waals surface area contributed by atoms with Crippen LogP contribution < -0.4 is 10.1 Å². The van der Waals surface area contributed by atoms with Gasteiger partial charge in [0.2, 0.25) is 0 Å². The Balaban J connectivity index is 1.70. The van der Waals surface area contributed by atoms with Crippen molar-refractivity contribution in [3.8, 4) is 5.75 Å². The molecule has 118 valence electrons. The summed E-state index contributed by atoms with van der Waals surface area (Å²) in [6.45, 7) is -0.0810. The van der Waals surface area contributed by atoms with E-state index in [1.54, 1.807) is 6.07 Å². The second-order valence-electron chi connectivity index (χ2n) is 4.86. The minimum absolute atomic E-state index is 0.00831. The quantitative estimate of drug-likeness (QED) is 0.831. The van der Waals surface area contributed by atoms with Gasteiger partial charge in [0.25, 0.3) is 5.91 Å². The van der Waals surface area contributed by atoms with E-state index >= 15 is 0 Å². The van der Waals surface area contributed by atoms with Gasteiger partial charge in [-0.2, -0.15) is 0 Å². The summed E-state index contributed by atoms with van der Waals surface area (Å²) in [5.41, 5.74) is 1.47. The molecule has 0 atom stereocenters. The average Bonchev–Trinajstić information content (AvgIpc) is 2.53. The zero-order valence-corrected chi connectivity index (χ0v) is 13.4. The Labute approximate surface area is 139 Å². The Hall–Kier alpha value is -2.41. The first-order valence-electron chi connectivity index (χ1n) is 6.70. The lowest BCUT2D eigenvalue weighted by Crippen LogP contribution is -2.25. The molecule has 0 bridgehead atoms. The van der Waals surface area contributed by atoms with Gasteiger partial charge in [-0.05, 0) is 30.3 Å². The highest BCUT2D eigenvalue weighted by atomic mass is 79.9. The van der Waals surface area contributed by atoms with Crippen molar-refractivity contribution in [1.29, 1.82) is 0 Å². The van der Waals surface area contributed by atoms with Gasteiger partial charge in [-0.25, -0.2) is 9.18 Å². The molecule has 7 heteroatoms. The number of halogens is 2. The molecule has 3 rings (SSSR count). The van der Waals surface area contributed by atoms with Crippen molar-refractivity contribution < 1.29 is 23.5 Å². The maximum Gasteiger partial charge on any atom is 0.338 e. The van der Waals surface area contributed by atoms with Gasteiger partial charge in [0.05, 0.1) is 11.3 Å². The summed E-state index contributed by atoms with van der Waals surface area (Å²) in [5.74, 6) is -0.735. The van der Waals surface area contributed by atoms with Crippen molar-refractivity contribution in [2.45, 2.75) is 6.61 Å². The number of carbonyl (C=O) groups is 2. The second-order valence-corrected chi connectivity index (χ2v) is 5.71. The Kier molecular flexibility index (Phi) is 4.29. The van der Waals surface area contributed by atoms with Crippen LogP contribution in [-0.4, -0.2) is 18.5 Å². The standard InChI is InChI=1S/C16H11BrFNO4/c17-12-6-11(18)3-1-10(12)7-23-16(21)9-2-4-13-14(5-9)22-8-15(20)19-13/h1-6H,7-8H2,(H,19,20). The molecule has 0 spiro atoms. The molecule has 2 aromatic carbocycles. The monoisotopic (exact) mass is 379 g/mol. The van der Waals surface area contributed by atoms with Crippen LogP contribution in [0.1, 0.15) is 15.9 Å². The SMILES string of the molecule is O=C1COc2cc(C(=O)OCc3ccc(F)cc3Br)ccc2N1. The molecule has 23 heavy (non-hydrogen) atoms. The number of hydrogen-bond donors (Lipinski definition) is 1. The molecule has 2 aromatic rings. The molecule has 1 heterocycles. The lowest BCUT2D eigenvalue weighted by atomic mass is 10.1. The zero-order chi connectivity index (χ0) is 16.4. The molecule has 5 nitrogen and oxygen atoms in total. The van der Waals surface area contributed by atoms with Crippen molar-refractivity contribution in [1.82, 2.24) is 0 Å². The maximum atomic E-state index is 13.0. The molecule has 1 aliphatic rings. The Morgan fingerprint density at radius 2 is 2.13 bits per heavy atom. The molecule has 0 saturated carbocycles. The van der Waals surface area contributed by atoms with E-state index in [4.69, 9.17) is 9.47 Å². The van der Waals surface area contributed by atoms with Gasteiger partial charge < -0.3 is 14.8 Å². The largest absolute Gasteiger partial charge is 0.482 e. The fourth-order valence-electron chi connectivity index (χ4n) is 2.07. The summed E-state index contributed by atoms with van der Waals surface area (Å²) in [6, 6.07) is 8.77. The van der Waals surface area contributed by atoms with E-state index < -0.39 is 5.97 Å². The molecule has 1 amide bonds. The van der Waals surface area contributed by atoms with E-state index in [2.05, 4.69) is 21.2 Å². The first kappa shape index (κ1) is 15.5. The molecule has 1 N–H and O–H groups in total. The summed E-state index contributed by atoms with van der Waals surface area (Å²) < 4.78 is 24.0. The van der Waals surface area contributed by atoms with Crippen molar-refractivity contribution in [2.24, 2.45) is 0 Å². The molecule has 0 fully saturated rings. The van der Waals surface area contributed by atoms with Crippen LogP contribution in [0.3, 0.4) is 0 Å². The van der Waals surface area contributed by atoms with E-state index in [0.29, 0.717) is 27.0 Å². The number of benzene rings is 2. The van der Waals surface area contributed by atoms with Crippen molar-refractivity contribution in [3.05, 3.63) is 57.8 Å². The highest BCUT2D eigenvalue weighted by Gasteiger charge is 2.18. The van der Waals surface area contributed by atoms with E-state index in [0.717, 1.165) is 0 Å². The molecular weight excluding hydrogens is 369 g/mol. The zero-order valence-electron chi connectivity index (χ0n) is 11.8. The summed E-state index contributed by atoms with van der Waals surface area (Å²) in [4.78, 5) is 23.3. The average molecular weight is 380 g/mol. The van der Waals surface area contributed by atoms with Crippen LogP contribution in [0.4, 0.5) is 10.1 Å². The highest BCUT2D eigenvalue weighted by molar-refractivity contribution is 9.10. The van der Waals surface area contributed by atoms with Crippen molar-refractivity contribution in [2.75, 3.05) is 11.9 Å². The Morgan fingerprint density at radius 3 is 2.91 bits per heavy atom. The third-order valence-corrected chi connectivity index (χ3v) is 3.96. The number of fused-ring (bicyclic) bond motifs is 1. The summed E-state index contributed by atoms with van der Waals surface area (Å²) in [5, 5.41) is 2.64. The smallest absolute Gasteiger partial charge is 0.338 e. The van der Waals surface area contributed by atoms with Gasteiger partial charge in [0.15, 0.2) is 6.61 Å². The number of carbonyl (C=O) groups excluding carboxylic acids is 2. The van der Waals surface area contributed by atoms with Gasteiger partial charge in [0.1, 0.15) is 18.2 Å². The highest BCUT2D eigenvalue weighted by Crippen LogP contribution is 2.29. The predicted molar refractivity (Wildman–Crippen MR) is 83.8 cm³/mol. The molecule has 0 saturated heterocycles. The minimum atomic E-state index is -0.537. The molecule has 0 aromatic heterocycles. The fourth-order valence-corrected chi connectivity index (χ4v) is 2.53. The lowest BCUT2D eigenvalue weighted by molar-refractivity contribution is -0.118. The van der Waals surface area contributed by atoms with Gasteiger partial charge in [-0.15, -0.1) is 0 Å². The third kappa shape index (κ3) is 3.50. The van der Waals surface area contributed by atoms with Crippen LogP contribution in [0.25, 0.3) is 0 Å². The minimum Gasteiger partial charge on any atom is -0.482 e. The normalized spacial score (nSPS) is 12.9. The van der Waals surface area contributed by atoms with E-state index in [1.165, 1.54) is 30.3 Å². The van der Waals surface area contributed by atoms with E-state index in [9.17, 15) is 14.0 Å². The van der Waals surface area contributed by atoms with Crippen molar-refractivity contribution >= 4 is 33.5 Å². The predicted octanol–water partition coefficient (Wildman–Crippen LogP) is 3.28. The van der Waals surface area contributed by atoms with Crippen LogP contribution in [0.2, 0.25) is 0 Å². The molecule has 0 radical (unpaired) electrons. The molecule has 0 unspecified atom stereocenters. The number of anilines is 1. The lowest BCUT2D eigenvalue weighted by Gasteiger charge is -2.18. The van der Waals surface area contributed by atoms with Crippen LogP contribution in [-0.2, 0) is 16.1 Å². The molecular formula is C16H11BrFNO4. The van der Waals surface area contributed by atoms with Crippen LogP contribution in [0.5, 0.6) is 5.75 Å². The van der Waals surface area contributed by atoms with Gasteiger partial charge in [0, 0.05) is 10.0 Å². The number of hydrogen-bond acceptors (Lipinski definition) is 4. The number of esters is 1. The number of nitrogens with one attached hydrogen (secondary N) is 1. The molecule has 1 aliphatic heterocycles.